The summed E-state index contributed by atoms with van der Waals surface area (Å²) in [5.41, 5.74) is 2.50. The molecule has 3 nitrogen and oxygen atoms in total. The van der Waals surface area contributed by atoms with E-state index in [0.29, 0.717) is 22.9 Å². The number of carbonyl (C=O) groups is 1. The third-order valence-corrected chi connectivity index (χ3v) is 4.31. The fourth-order valence-corrected chi connectivity index (χ4v) is 2.81. The van der Waals surface area contributed by atoms with Crippen molar-refractivity contribution in [2.75, 3.05) is 0 Å². The molecule has 1 unspecified atom stereocenters. The Kier molecular flexibility index (Phi) is 5.92. The van der Waals surface area contributed by atoms with E-state index >= 15 is 0 Å². The van der Waals surface area contributed by atoms with Crippen molar-refractivity contribution in [3.8, 4) is 5.75 Å². The van der Waals surface area contributed by atoms with Gasteiger partial charge in [-0.05, 0) is 36.2 Å². The van der Waals surface area contributed by atoms with Crippen molar-refractivity contribution >= 4 is 17.5 Å². The standard InChI is InChI=1S/C22H20ClNO2/c1-16(18-10-6-3-7-11-18)24-22(25)20-14-19(23)12-13-21(20)26-15-17-8-4-2-5-9-17/h2-14,16H,15H2,1H3,(H,24,25). The van der Waals surface area contributed by atoms with Crippen LogP contribution in [-0.4, -0.2) is 5.91 Å². The minimum atomic E-state index is -0.216. The number of nitrogens with one attached hydrogen (secondary N) is 1. The molecule has 26 heavy (non-hydrogen) atoms. The van der Waals surface area contributed by atoms with Gasteiger partial charge in [-0.25, -0.2) is 0 Å². The maximum absolute atomic E-state index is 12.8. The molecule has 4 heteroatoms. The zero-order chi connectivity index (χ0) is 18.4. The Morgan fingerprint density at radius 2 is 1.65 bits per heavy atom. The molecule has 0 saturated heterocycles. The van der Waals surface area contributed by atoms with Gasteiger partial charge in [0, 0.05) is 5.02 Å². The Labute approximate surface area is 158 Å². The SMILES string of the molecule is CC(NC(=O)c1cc(Cl)ccc1OCc1ccccc1)c1ccccc1. The van der Waals surface area contributed by atoms with Crippen LogP contribution in [0.4, 0.5) is 0 Å². The highest BCUT2D eigenvalue weighted by atomic mass is 35.5. The first-order chi connectivity index (χ1) is 12.6. The van der Waals surface area contributed by atoms with Crippen LogP contribution in [0.15, 0.2) is 78.9 Å². The molecule has 1 atom stereocenters. The molecule has 0 bridgehead atoms. The number of ether oxygens (including phenoxy) is 1. The van der Waals surface area contributed by atoms with Crippen LogP contribution >= 0.6 is 11.6 Å². The first-order valence-electron chi connectivity index (χ1n) is 8.45. The van der Waals surface area contributed by atoms with Crippen LogP contribution in [0.2, 0.25) is 5.02 Å². The van der Waals surface area contributed by atoms with E-state index in [2.05, 4.69) is 5.32 Å². The van der Waals surface area contributed by atoms with Gasteiger partial charge in [-0.1, -0.05) is 72.3 Å². The van der Waals surface area contributed by atoms with Crippen LogP contribution in [0.1, 0.15) is 34.5 Å². The summed E-state index contributed by atoms with van der Waals surface area (Å²) in [6.07, 6.45) is 0. The van der Waals surface area contributed by atoms with E-state index in [1.54, 1.807) is 18.2 Å². The van der Waals surface area contributed by atoms with E-state index in [1.807, 2.05) is 67.6 Å². The van der Waals surface area contributed by atoms with E-state index in [1.165, 1.54) is 0 Å². The Morgan fingerprint density at radius 1 is 1.00 bits per heavy atom. The quantitative estimate of drug-likeness (QED) is 0.634. The van der Waals surface area contributed by atoms with Crippen LogP contribution in [0, 0.1) is 0 Å². The number of hydrogen-bond donors (Lipinski definition) is 1. The van der Waals surface area contributed by atoms with Gasteiger partial charge in [0.1, 0.15) is 12.4 Å². The minimum Gasteiger partial charge on any atom is -0.488 e. The first-order valence-corrected chi connectivity index (χ1v) is 8.83. The number of rotatable bonds is 6. The zero-order valence-electron chi connectivity index (χ0n) is 14.5. The van der Waals surface area contributed by atoms with Gasteiger partial charge in [-0.3, -0.25) is 4.79 Å². The molecule has 0 radical (unpaired) electrons. The average Bonchev–Trinajstić information content (AvgIpc) is 2.68. The van der Waals surface area contributed by atoms with Gasteiger partial charge in [-0.15, -0.1) is 0 Å². The van der Waals surface area contributed by atoms with Gasteiger partial charge in [0.2, 0.25) is 0 Å². The van der Waals surface area contributed by atoms with Gasteiger partial charge in [0.05, 0.1) is 11.6 Å². The summed E-state index contributed by atoms with van der Waals surface area (Å²) in [6, 6.07) is 24.6. The highest BCUT2D eigenvalue weighted by Crippen LogP contribution is 2.25. The average molecular weight is 366 g/mol. The van der Waals surface area contributed by atoms with Crippen LogP contribution in [0.3, 0.4) is 0 Å². The fraction of sp³-hybridized carbons (Fsp3) is 0.136. The Morgan fingerprint density at radius 3 is 2.35 bits per heavy atom. The molecule has 0 fully saturated rings. The number of halogens is 1. The second-order valence-electron chi connectivity index (χ2n) is 6.02. The summed E-state index contributed by atoms with van der Waals surface area (Å²) in [7, 11) is 0. The van der Waals surface area contributed by atoms with E-state index in [-0.39, 0.29) is 11.9 Å². The summed E-state index contributed by atoms with van der Waals surface area (Å²) in [4.78, 5) is 12.8. The lowest BCUT2D eigenvalue weighted by Crippen LogP contribution is -2.27. The highest BCUT2D eigenvalue weighted by Gasteiger charge is 2.16. The van der Waals surface area contributed by atoms with Crippen LogP contribution in [0.25, 0.3) is 0 Å². The molecule has 0 aliphatic carbocycles. The fourth-order valence-electron chi connectivity index (χ4n) is 2.64. The molecule has 1 amide bonds. The van der Waals surface area contributed by atoms with Gasteiger partial charge >= 0.3 is 0 Å². The third kappa shape index (κ3) is 4.64. The summed E-state index contributed by atoms with van der Waals surface area (Å²) in [5, 5.41) is 3.50. The Bertz CT molecular complexity index is 866. The predicted molar refractivity (Wildman–Crippen MR) is 105 cm³/mol. The maximum Gasteiger partial charge on any atom is 0.255 e. The molecular weight excluding hydrogens is 346 g/mol. The molecule has 0 spiro atoms. The molecule has 0 aliphatic heterocycles. The van der Waals surface area contributed by atoms with Crippen molar-refractivity contribution < 1.29 is 9.53 Å². The van der Waals surface area contributed by atoms with Gasteiger partial charge < -0.3 is 10.1 Å². The van der Waals surface area contributed by atoms with Crippen LogP contribution < -0.4 is 10.1 Å². The lowest BCUT2D eigenvalue weighted by Gasteiger charge is -2.17. The van der Waals surface area contributed by atoms with Crippen molar-refractivity contribution in [1.82, 2.24) is 5.32 Å². The smallest absolute Gasteiger partial charge is 0.255 e. The number of amides is 1. The predicted octanol–water partition coefficient (Wildman–Crippen LogP) is 5.41. The van der Waals surface area contributed by atoms with Crippen molar-refractivity contribution in [3.05, 3.63) is 101 Å². The zero-order valence-corrected chi connectivity index (χ0v) is 15.2. The number of carbonyl (C=O) groups excluding carboxylic acids is 1. The van der Waals surface area contributed by atoms with E-state index < -0.39 is 0 Å². The Balaban J connectivity index is 1.75. The van der Waals surface area contributed by atoms with E-state index in [4.69, 9.17) is 16.3 Å². The molecule has 3 aromatic rings. The lowest BCUT2D eigenvalue weighted by atomic mass is 10.1. The first kappa shape index (κ1) is 18.0. The molecule has 0 saturated carbocycles. The lowest BCUT2D eigenvalue weighted by molar-refractivity contribution is 0.0935. The van der Waals surface area contributed by atoms with Crippen molar-refractivity contribution in [2.45, 2.75) is 19.6 Å². The summed E-state index contributed by atoms with van der Waals surface area (Å²) in [5.74, 6) is 0.294. The molecular formula is C22H20ClNO2. The van der Waals surface area contributed by atoms with E-state index in [0.717, 1.165) is 11.1 Å². The largest absolute Gasteiger partial charge is 0.488 e. The topological polar surface area (TPSA) is 38.3 Å². The van der Waals surface area contributed by atoms with Gasteiger partial charge in [0.25, 0.3) is 5.91 Å². The van der Waals surface area contributed by atoms with Crippen LogP contribution in [-0.2, 0) is 6.61 Å². The molecule has 0 aliphatic rings. The molecule has 3 aromatic carbocycles. The summed E-state index contributed by atoms with van der Waals surface area (Å²) in [6.45, 7) is 2.33. The molecule has 1 N–H and O–H groups in total. The minimum absolute atomic E-state index is 0.121. The maximum atomic E-state index is 12.8. The van der Waals surface area contributed by atoms with Gasteiger partial charge in [0.15, 0.2) is 0 Å². The normalized spacial score (nSPS) is 11.6. The molecule has 0 aromatic heterocycles. The summed E-state index contributed by atoms with van der Waals surface area (Å²) >= 11 is 6.10. The highest BCUT2D eigenvalue weighted by molar-refractivity contribution is 6.31. The van der Waals surface area contributed by atoms with Crippen LogP contribution in [0.5, 0.6) is 5.75 Å². The molecule has 3 rings (SSSR count). The monoisotopic (exact) mass is 365 g/mol. The summed E-state index contributed by atoms with van der Waals surface area (Å²) < 4.78 is 5.87. The number of benzene rings is 3. The van der Waals surface area contributed by atoms with Crippen molar-refractivity contribution in [1.29, 1.82) is 0 Å². The molecule has 132 valence electrons. The van der Waals surface area contributed by atoms with Crippen molar-refractivity contribution in [3.63, 3.8) is 0 Å². The van der Waals surface area contributed by atoms with Crippen molar-refractivity contribution in [2.24, 2.45) is 0 Å². The van der Waals surface area contributed by atoms with Gasteiger partial charge in [-0.2, -0.15) is 0 Å². The molecule has 0 heterocycles. The second-order valence-corrected chi connectivity index (χ2v) is 6.46. The third-order valence-electron chi connectivity index (χ3n) is 4.07. The Hall–Kier alpha value is -2.78. The van der Waals surface area contributed by atoms with E-state index in [9.17, 15) is 4.79 Å². The second kappa shape index (κ2) is 8.54. The number of hydrogen-bond acceptors (Lipinski definition) is 2.